The fourth-order valence-electron chi connectivity index (χ4n) is 4.48. The van der Waals surface area contributed by atoms with Gasteiger partial charge in [-0.3, -0.25) is 4.90 Å². The third kappa shape index (κ3) is 8.08. The molecule has 0 radical (unpaired) electrons. The van der Waals surface area contributed by atoms with Gasteiger partial charge in [0.15, 0.2) is 5.75 Å². The van der Waals surface area contributed by atoms with E-state index >= 15 is 0 Å². The Kier molecular flexibility index (Phi) is 9.99. The second-order valence-corrected chi connectivity index (χ2v) is 9.57. The first-order valence-corrected chi connectivity index (χ1v) is 13.1. The van der Waals surface area contributed by atoms with Crippen LogP contribution in [0.5, 0.6) is 11.5 Å². The van der Waals surface area contributed by atoms with Crippen LogP contribution in [0.4, 0.5) is 14.9 Å². The zero-order valence-corrected chi connectivity index (χ0v) is 22.4. The minimum atomic E-state index is -0.673. The zero-order valence-electron chi connectivity index (χ0n) is 22.4. The first-order valence-electron chi connectivity index (χ1n) is 13.1. The summed E-state index contributed by atoms with van der Waals surface area (Å²) in [5, 5.41) is 12.7. The number of carbonyl (C=O) groups is 1. The van der Waals surface area contributed by atoms with Gasteiger partial charge in [0.25, 0.3) is 0 Å². The molecule has 0 bridgehead atoms. The summed E-state index contributed by atoms with van der Waals surface area (Å²) < 4.78 is 30.4. The highest BCUT2D eigenvalue weighted by Gasteiger charge is 2.26. The number of ether oxygens (including phenoxy) is 3. The molecule has 1 unspecified atom stereocenters. The number of halogens is 1. The van der Waals surface area contributed by atoms with Crippen LogP contribution in [0.1, 0.15) is 23.6 Å². The van der Waals surface area contributed by atoms with Gasteiger partial charge in [0, 0.05) is 44.8 Å². The monoisotopic (exact) mass is 537 g/mol. The molecule has 39 heavy (non-hydrogen) atoms. The quantitative estimate of drug-likeness (QED) is 0.377. The number of anilines is 1. The second-order valence-electron chi connectivity index (χ2n) is 9.57. The zero-order chi connectivity index (χ0) is 27.6. The lowest BCUT2D eigenvalue weighted by atomic mass is 10.1. The van der Waals surface area contributed by atoms with Crippen molar-refractivity contribution in [2.45, 2.75) is 32.7 Å². The van der Waals surface area contributed by atoms with Crippen LogP contribution < -0.4 is 19.7 Å². The van der Waals surface area contributed by atoms with E-state index in [4.69, 9.17) is 14.2 Å². The minimum Gasteiger partial charge on any atom is -0.494 e. The number of aliphatic hydroxyl groups is 1. The Morgan fingerprint density at radius 2 is 1.72 bits per heavy atom. The lowest BCUT2D eigenvalue weighted by Crippen LogP contribution is -2.46. The molecule has 1 atom stereocenters. The van der Waals surface area contributed by atoms with Gasteiger partial charge in [-0.15, -0.1) is 0 Å². The topological polar surface area (TPSA) is 83.5 Å². The molecule has 0 spiro atoms. The molecule has 1 amide bonds. The van der Waals surface area contributed by atoms with E-state index in [-0.39, 0.29) is 25.6 Å². The highest BCUT2D eigenvalue weighted by atomic mass is 19.1. The lowest BCUT2D eigenvalue weighted by Gasteiger charge is -2.37. The van der Waals surface area contributed by atoms with Crippen LogP contribution in [-0.4, -0.2) is 62.1 Å². The first-order chi connectivity index (χ1) is 18.9. The summed E-state index contributed by atoms with van der Waals surface area (Å²) in [5.74, 6) is 0.975. The number of amides is 1. The number of piperazine rings is 1. The van der Waals surface area contributed by atoms with E-state index in [0.717, 1.165) is 55.1 Å². The van der Waals surface area contributed by atoms with Crippen LogP contribution in [0.15, 0.2) is 66.7 Å². The molecule has 0 aliphatic carbocycles. The van der Waals surface area contributed by atoms with Crippen LogP contribution in [0.3, 0.4) is 0 Å². The van der Waals surface area contributed by atoms with Crippen molar-refractivity contribution >= 4 is 11.8 Å². The average molecular weight is 538 g/mol. The van der Waals surface area contributed by atoms with E-state index in [1.807, 2.05) is 54.6 Å². The summed E-state index contributed by atoms with van der Waals surface area (Å²) in [4.78, 5) is 16.9. The molecule has 0 aromatic heterocycles. The van der Waals surface area contributed by atoms with Gasteiger partial charge >= 0.3 is 6.09 Å². The summed E-state index contributed by atoms with van der Waals surface area (Å²) in [7, 11) is 1.61. The van der Waals surface area contributed by atoms with Crippen LogP contribution in [0.25, 0.3) is 0 Å². The molecule has 1 heterocycles. The molecule has 4 rings (SSSR count). The van der Waals surface area contributed by atoms with Crippen molar-refractivity contribution in [1.82, 2.24) is 10.2 Å². The predicted molar refractivity (Wildman–Crippen MR) is 148 cm³/mol. The Labute approximate surface area is 228 Å². The van der Waals surface area contributed by atoms with Gasteiger partial charge in [-0.05, 0) is 42.3 Å². The van der Waals surface area contributed by atoms with Crippen molar-refractivity contribution in [3.8, 4) is 11.5 Å². The van der Waals surface area contributed by atoms with Crippen LogP contribution in [0, 0.1) is 5.82 Å². The molecule has 1 aliphatic rings. The van der Waals surface area contributed by atoms with Crippen molar-refractivity contribution in [3.05, 3.63) is 89.2 Å². The molecular formula is C30H36FN3O5. The molecule has 1 aliphatic heterocycles. The van der Waals surface area contributed by atoms with Crippen LogP contribution >= 0.6 is 0 Å². The molecular weight excluding hydrogens is 501 g/mol. The number of alkyl carbamates (subject to hydrolysis) is 1. The molecule has 208 valence electrons. The Hall–Kier alpha value is -3.82. The number of rotatable bonds is 11. The maximum Gasteiger partial charge on any atom is 0.407 e. The number of aliphatic hydroxyl groups excluding tert-OH is 1. The van der Waals surface area contributed by atoms with E-state index in [1.54, 1.807) is 14.0 Å². The SMILES string of the molecule is COc1ccc(CNC(=O)OCc2ccccc2)c(OCC(C)O)c1N1CCN(Cc2ccc(F)cc2)CC1. The fraction of sp³-hybridized carbons (Fsp3) is 0.367. The number of benzene rings is 3. The molecule has 1 fully saturated rings. The van der Waals surface area contributed by atoms with Crippen molar-refractivity contribution in [3.63, 3.8) is 0 Å². The summed E-state index contributed by atoms with van der Waals surface area (Å²) in [6.45, 7) is 5.89. The molecule has 2 N–H and O–H groups in total. The highest BCUT2D eigenvalue weighted by Crippen LogP contribution is 2.41. The maximum absolute atomic E-state index is 13.3. The van der Waals surface area contributed by atoms with Crippen LogP contribution in [0.2, 0.25) is 0 Å². The summed E-state index contributed by atoms with van der Waals surface area (Å²) >= 11 is 0. The minimum absolute atomic E-state index is 0.0934. The molecule has 1 saturated heterocycles. The molecule has 3 aromatic carbocycles. The Bertz CT molecular complexity index is 1200. The number of methoxy groups -OCH3 is 1. The third-order valence-corrected chi connectivity index (χ3v) is 6.51. The Morgan fingerprint density at radius 3 is 2.38 bits per heavy atom. The normalized spacial score (nSPS) is 14.5. The van der Waals surface area contributed by atoms with E-state index in [2.05, 4.69) is 15.1 Å². The lowest BCUT2D eigenvalue weighted by molar-refractivity contribution is 0.121. The standard InChI is InChI=1S/C30H36FN3O5/c1-22(35)20-38-29-25(18-32-30(36)39-21-24-6-4-3-5-7-24)10-13-27(37-2)28(29)34-16-14-33(15-17-34)19-23-8-11-26(31)12-9-23/h3-13,22,35H,14-21H2,1-2H3,(H,32,36). The van der Waals surface area contributed by atoms with Gasteiger partial charge in [-0.25, -0.2) is 9.18 Å². The van der Waals surface area contributed by atoms with E-state index < -0.39 is 12.2 Å². The van der Waals surface area contributed by atoms with Gasteiger partial charge in [-0.1, -0.05) is 42.5 Å². The predicted octanol–water partition coefficient (Wildman–Crippen LogP) is 4.34. The van der Waals surface area contributed by atoms with Crippen molar-refractivity contribution in [1.29, 1.82) is 0 Å². The Morgan fingerprint density at radius 1 is 1.00 bits per heavy atom. The van der Waals surface area contributed by atoms with Gasteiger partial charge in [0.2, 0.25) is 0 Å². The highest BCUT2D eigenvalue weighted by molar-refractivity contribution is 5.72. The fourth-order valence-corrected chi connectivity index (χ4v) is 4.48. The Balaban J connectivity index is 1.45. The third-order valence-electron chi connectivity index (χ3n) is 6.51. The van der Waals surface area contributed by atoms with E-state index in [9.17, 15) is 14.3 Å². The van der Waals surface area contributed by atoms with Gasteiger partial charge in [0.1, 0.15) is 30.5 Å². The van der Waals surface area contributed by atoms with E-state index in [0.29, 0.717) is 11.5 Å². The number of carbonyl (C=O) groups excluding carboxylic acids is 1. The first kappa shape index (κ1) is 28.2. The molecule has 3 aromatic rings. The summed E-state index contributed by atoms with van der Waals surface area (Å²) in [5.41, 5.74) is 3.50. The average Bonchev–Trinajstić information content (AvgIpc) is 2.95. The summed E-state index contributed by atoms with van der Waals surface area (Å²) in [6.07, 6.45) is -1.21. The summed E-state index contributed by atoms with van der Waals surface area (Å²) in [6, 6.07) is 19.8. The van der Waals surface area contributed by atoms with Crippen molar-refractivity contribution < 1.29 is 28.5 Å². The molecule has 0 saturated carbocycles. The molecule has 8 nitrogen and oxygen atoms in total. The second kappa shape index (κ2) is 13.8. The molecule has 9 heteroatoms. The van der Waals surface area contributed by atoms with Crippen molar-refractivity contribution in [2.75, 3.05) is 44.8 Å². The smallest absolute Gasteiger partial charge is 0.407 e. The maximum atomic E-state index is 13.3. The van der Waals surface area contributed by atoms with Gasteiger partial charge in [0.05, 0.1) is 13.2 Å². The van der Waals surface area contributed by atoms with Crippen LogP contribution in [-0.2, 0) is 24.4 Å². The largest absolute Gasteiger partial charge is 0.494 e. The van der Waals surface area contributed by atoms with E-state index in [1.165, 1.54) is 12.1 Å². The van der Waals surface area contributed by atoms with Gasteiger partial charge < -0.3 is 29.5 Å². The van der Waals surface area contributed by atoms with Gasteiger partial charge in [-0.2, -0.15) is 0 Å². The number of nitrogens with zero attached hydrogens (tertiary/aromatic N) is 2. The number of hydrogen-bond donors (Lipinski definition) is 2. The van der Waals surface area contributed by atoms with Crippen molar-refractivity contribution in [2.24, 2.45) is 0 Å². The number of nitrogens with one attached hydrogen (secondary N) is 1. The number of hydrogen-bond acceptors (Lipinski definition) is 7.